The summed E-state index contributed by atoms with van der Waals surface area (Å²) in [7, 11) is -1.78. The molecule has 1 aromatic heterocycles. The van der Waals surface area contributed by atoms with Gasteiger partial charge in [0.1, 0.15) is 5.60 Å². The molecule has 58 heavy (non-hydrogen) atoms. The average Bonchev–Trinajstić information content (AvgIpc) is 3.21. The Morgan fingerprint density at radius 2 is 1.24 bits per heavy atom. The third-order valence-corrected chi connectivity index (χ3v) is 15.0. The van der Waals surface area contributed by atoms with Crippen molar-refractivity contribution >= 4 is 42.5 Å². The summed E-state index contributed by atoms with van der Waals surface area (Å²) in [5.74, 6) is -1.22. The van der Waals surface area contributed by atoms with Gasteiger partial charge >= 0.3 is 12.2 Å². The number of benzene rings is 4. The minimum absolute atomic E-state index is 0.148. The highest BCUT2D eigenvalue weighted by Gasteiger charge is 2.50. The zero-order valence-electron chi connectivity index (χ0n) is 34.6. The summed E-state index contributed by atoms with van der Waals surface area (Å²) in [4.78, 5) is 47.2. The molecule has 11 heteroatoms. The third-order valence-electron chi connectivity index (χ3n) is 10.0. The van der Waals surface area contributed by atoms with Gasteiger partial charge in [0.05, 0.1) is 37.2 Å². The van der Waals surface area contributed by atoms with Crippen molar-refractivity contribution in [2.45, 2.75) is 83.0 Å². The minimum atomic E-state index is -3.00. The van der Waals surface area contributed by atoms with Crippen molar-refractivity contribution in [2.75, 3.05) is 18.6 Å². The molecule has 3 N–H and O–H groups in total. The molecular formula is C47H56N4O6Si. The highest BCUT2D eigenvalue weighted by molar-refractivity contribution is 6.99. The summed E-state index contributed by atoms with van der Waals surface area (Å²) in [6.07, 6.45) is 0.693. The fraction of sp³-hybridized carbons (Fsp3) is 0.319. The second kappa shape index (κ2) is 19.2. The Kier molecular flexibility index (Phi) is 14.4. The molecule has 0 unspecified atom stereocenters. The van der Waals surface area contributed by atoms with E-state index in [9.17, 15) is 14.4 Å². The van der Waals surface area contributed by atoms with Gasteiger partial charge in [0.25, 0.3) is 14.2 Å². The largest absolute Gasteiger partial charge is 0.452 e. The summed E-state index contributed by atoms with van der Waals surface area (Å²) in [5.41, 5.74) is 8.43. The molecule has 2 atom stereocenters. The van der Waals surface area contributed by atoms with Crippen LogP contribution in [0.4, 0.5) is 15.3 Å². The van der Waals surface area contributed by atoms with Crippen molar-refractivity contribution in [3.05, 3.63) is 156 Å². The van der Waals surface area contributed by atoms with Crippen molar-refractivity contribution in [1.82, 2.24) is 10.3 Å². The van der Waals surface area contributed by atoms with E-state index in [1.165, 1.54) is 7.11 Å². The maximum absolute atomic E-state index is 14.6. The number of carbonyl (C=O) groups is 3. The van der Waals surface area contributed by atoms with Crippen LogP contribution in [0, 0.1) is 0 Å². The van der Waals surface area contributed by atoms with E-state index in [0.29, 0.717) is 12.1 Å². The first-order valence-corrected chi connectivity index (χ1v) is 21.5. The lowest BCUT2D eigenvalue weighted by molar-refractivity contribution is -0.119. The van der Waals surface area contributed by atoms with Gasteiger partial charge in [-0.1, -0.05) is 142 Å². The van der Waals surface area contributed by atoms with E-state index in [1.807, 2.05) is 118 Å². The van der Waals surface area contributed by atoms with Gasteiger partial charge in [-0.2, -0.15) is 0 Å². The number of aromatic nitrogens is 1. The van der Waals surface area contributed by atoms with Crippen molar-refractivity contribution in [2.24, 2.45) is 5.73 Å². The number of hydrogen-bond donors (Lipinski definition) is 2. The number of alkyl carbamates (subject to hydrolysis) is 1. The highest BCUT2D eigenvalue weighted by atomic mass is 28.4. The van der Waals surface area contributed by atoms with Crippen LogP contribution < -0.4 is 26.3 Å². The number of nitrogens with one attached hydrogen (secondary N) is 1. The standard InChI is InChI=1S/C47H56N4O6Si/c1-46(2,3)57-44(53)50-36(33-56-58(47(4,5)6,37-25-16-10-17-26-37)38-27-18-11-19-28-38)30-31-39-40(29-20-32-49-39)51(45(54)55-7)43(52)42(48)41(34-21-12-8-13-22-34)35-23-14-9-15-24-35/h8-29,32,36,41-42H,30-31,33,48H2,1-7H3,(H,50,53)/t36-,42-/m0/s1. The third kappa shape index (κ3) is 10.5. The Labute approximate surface area is 343 Å². The van der Waals surface area contributed by atoms with Gasteiger partial charge in [-0.3, -0.25) is 9.78 Å². The number of carbonyl (C=O) groups excluding carboxylic acids is 3. The number of imide groups is 1. The summed E-state index contributed by atoms with van der Waals surface area (Å²) >= 11 is 0. The summed E-state index contributed by atoms with van der Waals surface area (Å²) in [6, 6.07) is 41.1. The molecule has 304 valence electrons. The lowest BCUT2D eigenvalue weighted by atomic mass is 9.84. The minimum Gasteiger partial charge on any atom is -0.452 e. The van der Waals surface area contributed by atoms with E-state index in [4.69, 9.17) is 19.6 Å². The van der Waals surface area contributed by atoms with Gasteiger partial charge in [-0.05, 0) is 72.3 Å². The number of nitrogens with two attached hydrogens (primary N) is 1. The Hall–Kier alpha value is -5.62. The van der Waals surface area contributed by atoms with Crippen LogP contribution in [0.25, 0.3) is 0 Å². The van der Waals surface area contributed by atoms with E-state index in [1.54, 1.807) is 18.3 Å². The molecule has 1 heterocycles. The molecule has 0 saturated carbocycles. The van der Waals surface area contributed by atoms with Gasteiger partial charge in [0.2, 0.25) is 0 Å². The zero-order chi connectivity index (χ0) is 41.9. The monoisotopic (exact) mass is 800 g/mol. The molecule has 5 aromatic rings. The number of methoxy groups -OCH3 is 1. The fourth-order valence-electron chi connectivity index (χ4n) is 7.41. The lowest BCUT2D eigenvalue weighted by Crippen LogP contribution is -2.67. The van der Waals surface area contributed by atoms with Crippen molar-refractivity contribution < 1.29 is 28.3 Å². The van der Waals surface area contributed by atoms with Crippen LogP contribution in [0.2, 0.25) is 5.04 Å². The van der Waals surface area contributed by atoms with Crippen LogP contribution >= 0.6 is 0 Å². The SMILES string of the molecule is COC(=O)N(C(=O)[C@@H](N)C(c1ccccc1)c1ccccc1)c1cccnc1CC[C@@H](CO[Si](c1ccccc1)(c1ccccc1)C(C)(C)C)NC(=O)OC(C)(C)C. The van der Waals surface area contributed by atoms with Crippen LogP contribution in [0.3, 0.4) is 0 Å². The van der Waals surface area contributed by atoms with Crippen molar-refractivity contribution in [3.8, 4) is 0 Å². The van der Waals surface area contributed by atoms with E-state index < -0.39 is 50.0 Å². The predicted octanol–water partition coefficient (Wildman–Crippen LogP) is 7.74. The average molecular weight is 801 g/mol. The molecule has 10 nitrogen and oxygen atoms in total. The summed E-state index contributed by atoms with van der Waals surface area (Å²) in [6.45, 7) is 12.2. The van der Waals surface area contributed by atoms with E-state index in [0.717, 1.165) is 26.4 Å². The highest BCUT2D eigenvalue weighted by Crippen LogP contribution is 2.37. The smallest absolute Gasteiger partial charge is 0.421 e. The Morgan fingerprint density at radius 3 is 1.71 bits per heavy atom. The van der Waals surface area contributed by atoms with Crippen molar-refractivity contribution in [1.29, 1.82) is 0 Å². The number of hydrogen-bond acceptors (Lipinski definition) is 8. The topological polar surface area (TPSA) is 133 Å². The quantitative estimate of drug-likeness (QED) is 0.109. The summed E-state index contributed by atoms with van der Waals surface area (Å²) < 4.78 is 18.2. The Morgan fingerprint density at radius 1 is 0.741 bits per heavy atom. The second-order valence-corrected chi connectivity index (χ2v) is 20.6. The first-order valence-electron chi connectivity index (χ1n) is 19.6. The lowest BCUT2D eigenvalue weighted by Gasteiger charge is -2.43. The fourth-order valence-corrected chi connectivity index (χ4v) is 12.0. The normalized spacial score (nSPS) is 13.0. The molecule has 4 aromatic carbocycles. The van der Waals surface area contributed by atoms with Crippen LogP contribution in [0.1, 0.15) is 70.7 Å². The van der Waals surface area contributed by atoms with Crippen molar-refractivity contribution in [3.63, 3.8) is 0 Å². The van der Waals surface area contributed by atoms with Gasteiger partial charge in [0, 0.05) is 12.1 Å². The molecule has 0 saturated heterocycles. The number of ether oxygens (including phenoxy) is 2. The van der Waals surface area contributed by atoms with Gasteiger partial charge < -0.3 is 25.0 Å². The number of nitrogens with zero attached hydrogens (tertiary/aromatic N) is 2. The van der Waals surface area contributed by atoms with Gasteiger partial charge in [-0.25, -0.2) is 14.5 Å². The molecule has 5 rings (SSSR count). The number of rotatable bonds is 14. The number of pyridine rings is 1. The van der Waals surface area contributed by atoms with E-state index >= 15 is 0 Å². The molecule has 3 amide bonds. The molecule has 0 bridgehead atoms. The number of aryl methyl sites for hydroxylation is 1. The molecule has 0 spiro atoms. The molecule has 0 radical (unpaired) electrons. The van der Waals surface area contributed by atoms with Crippen LogP contribution in [-0.2, 0) is 25.1 Å². The van der Waals surface area contributed by atoms with E-state index in [-0.39, 0.29) is 23.8 Å². The molecule has 0 fully saturated rings. The molecule has 0 aliphatic carbocycles. The predicted molar refractivity (Wildman–Crippen MR) is 232 cm³/mol. The van der Waals surface area contributed by atoms with Crippen LogP contribution in [-0.4, -0.2) is 62.8 Å². The van der Waals surface area contributed by atoms with Gasteiger partial charge in [0.15, 0.2) is 0 Å². The first-order chi connectivity index (χ1) is 27.7. The second-order valence-electron chi connectivity index (χ2n) is 16.3. The van der Waals surface area contributed by atoms with Crippen LogP contribution in [0.5, 0.6) is 0 Å². The maximum Gasteiger partial charge on any atom is 0.421 e. The zero-order valence-corrected chi connectivity index (χ0v) is 35.6. The van der Waals surface area contributed by atoms with E-state index in [2.05, 4.69) is 55.3 Å². The Balaban J connectivity index is 1.50. The number of amides is 3. The first kappa shape index (κ1) is 43.5. The Bertz CT molecular complexity index is 2010. The van der Waals surface area contributed by atoms with Crippen LogP contribution in [0.15, 0.2) is 140 Å². The maximum atomic E-state index is 14.6. The van der Waals surface area contributed by atoms with Gasteiger partial charge in [-0.15, -0.1) is 0 Å². The molecule has 0 aliphatic rings. The summed E-state index contributed by atoms with van der Waals surface area (Å²) in [5, 5.41) is 4.96. The molecular weight excluding hydrogens is 745 g/mol. The number of anilines is 1. The molecule has 0 aliphatic heterocycles.